The van der Waals surface area contributed by atoms with Gasteiger partial charge in [-0.2, -0.15) is 4.98 Å². The highest BCUT2D eigenvalue weighted by molar-refractivity contribution is 7.91. The summed E-state index contributed by atoms with van der Waals surface area (Å²) >= 11 is 5.92. The highest BCUT2D eigenvalue weighted by Crippen LogP contribution is 2.21. The second-order valence-electron chi connectivity index (χ2n) is 6.44. The minimum atomic E-state index is -3.55. The number of anilines is 4. The van der Waals surface area contributed by atoms with Crippen LogP contribution in [0, 0.1) is 6.92 Å². The number of nitrogens with one attached hydrogen (secondary N) is 3. The monoisotopic (exact) mass is 431 g/mol. The Morgan fingerprint density at radius 3 is 2.41 bits per heavy atom. The van der Waals surface area contributed by atoms with Crippen LogP contribution in [0.4, 0.5) is 23.1 Å². The molecule has 0 fully saturated rings. The van der Waals surface area contributed by atoms with Gasteiger partial charge in [-0.25, -0.2) is 13.4 Å². The predicted octanol–water partition coefficient (Wildman–Crippen LogP) is 4.56. The van der Waals surface area contributed by atoms with Crippen molar-refractivity contribution in [3.8, 4) is 0 Å². The first-order valence-electron chi connectivity index (χ1n) is 9.04. The van der Waals surface area contributed by atoms with Crippen LogP contribution in [0.25, 0.3) is 0 Å². The normalized spacial score (nSPS) is 11.1. The molecule has 1 heterocycles. The highest BCUT2D eigenvalue weighted by atomic mass is 35.5. The summed E-state index contributed by atoms with van der Waals surface area (Å²) in [7, 11) is -3.55. The van der Waals surface area contributed by atoms with Crippen molar-refractivity contribution in [2.75, 3.05) is 21.9 Å². The van der Waals surface area contributed by atoms with Gasteiger partial charge in [0.2, 0.25) is 16.0 Å². The Morgan fingerprint density at radius 2 is 1.72 bits per heavy atom. The lowest BCUT2D eigenvalue weighted by molar-refractivity contribution is 0.600. The summed E-state index contributed by atoms with van der Waals surface area (Å²) in [6.07, 6.45) is 0. The van der Waals surface area contributed by atoms with Gasteiger partial charge in [-0.15, -0.1) is 0 Å². The summed E-state index contributed by atoms with van der Waals surface area (Å²) < 4.78 is 27.4. The van der Waals surface area contributed by atoms with E-state index in [-0.39, 0.29) is 5.75 Å². The maximum absolute atomic E-state index is 12.4. The fraction of sp³-hybridized carbons (Fsp3) is 0.200. The van der Waals surface area contributed by atoms with Gasteiger partial charge in [0.15, 0.2) is 0 Å². The number of rotatable bonds is 8. The van der Waals surface area contributed by atoms with Gasteiger partial charge in [-0.1, -0.05) is 23.7 Å². The Hall–Kier alpha value is -2.84. The zero-order valence-corrected chi connectivity index (χ0v) is 17.7. The van der Waals surface area contributed by atoms with Crippen molar-refractivity contribution >= 4 is 44.8 Å². The van der Waals surface area contributed by atoms with E-state index >= 15 is 0 Å². The lowest BCUT2D eigenvalue weighted by Crippen LogP contribution is -2.15. The quantitative estimate of drug-likeness (QED) is 0.484. The molecule has 0 amide bonds. The number of hydrogen-bond donors (Lipinski definition) is 3. The molecule has 0 bridgehead atoms. The number of aromatic nitrogens is 2. The maximum atomic E-state index is 12.4. The fourth-order valence-corrected chi connectivity index (χ4v) is 4.10. The van der Waals surface area contributed by atoms with Crippen LogP contribution in [-0.4, -0.2) is 24.9 Å². The summed E-state index contributed by atoms with van der Waals surface area (Å²) in [6, 6.07) is 15.6. The molecule has 0 aliphatic heterocycles. The molecule has 0 atom stereocenters. The molecule has 1 aromatic heterocycles. The summed E-state index contributed by atoms with van der Waals surface area (Å²) in [5, 5.41) is 6.79. The average molecular weight is 432 g/mol. The fourth-order valence-electron chi connectivity index (χ4n) is 2.70. The molecular weight excluding hydrogens is 410 g/mol. The molecule has 0 spiro atoms. The van der Waals surface area contributed by atoms with Crippen molar-refractivity contribution in [2.24, 2.45) is 0 Å². The molecule has 0 saturated carbocycles. The van der Waals surface area contributed by atoms with E-state index in [0.29, 0.717) is 28.0 Å². The van der Waals surface area contributed by atoms with E-state index in [4.69, 9.17) is 11.6 Å². The molecule has 0 saturated heterocycles. The molecule has 7 nitrogen and oxygen atoms in total. The molecule has 0 radical (unpaired) electrons. The van der Waals surface area contributed by atoms with E-state index in [9.17, 15) is 8.42 Å². The summed E-state index contributed by atoms with van der Waals surface area (Å²) in [4.78, 5) is 8.71. The number of nitrogens with zero attached hydrogens (tertiary/aromatic N) is 2. The van der Waals surface area contributed by atoms with Crippen LogP contribution in [0.2, 0.25) is 5.02 Å². The second kappa shape index (κ2) is 9.11. The van der Waals surface area contributed by atoms with Crippen LogP contribution in [0.15, 0.2) is 54.6 Å². The third-order valence-corrected chi connectivity index (χ3v) is 5.36. The topological polar surface area (TPSA) is 96.0 Å². The number of aryl methyl sites for hydroxylation is 1. The van der Waals surface area contributed by atoms with E-state index in [0.717, 1.165) is 17.9 Å². The first kappa shape index (κ1) is 20.9. The van der Waals surface area contributed by atoms with Gasteiger partial charge in [0.05, 0.1) is 5.75 Å². The number of hydrogen-bond acceptors (Lipinski definition) is 6. The molecular formula is C20H22ClN5O2S. The van der Waals surface area contributed by atoms with Gasteiger partial charge >= 0.3 is 0 Å². The van der Waals surface area contributed by atoms with Gasteiger partial charge in [0, 0.05) is 34.7 Å². The SMILES string of the molecule is CCNc1nc(C)cc(Nc2ccc(NS(=O)(=O)Cc3cccc(Cl)c3)cc2)n1. The molecule has 3 aromatic rings. The maximum Gasteiger partial charge on any atom is 0.236 e. The Morgan fingerprint density at radius 1 is 1.00 bits per heavy atom. The van der Waals surface area contributed by atoms with Crippen molar-refractivity contribution in [3.63, 3.8) is 0 Å². The molecule has 9 heteroatoms. The zero-order chi connectivity index (χ0) is 20.9. The minimum absolute atomic E-state index is 0.152. The number of halogens is 1. The van der Waals surface area contributed by atoms with Crippen LogP contribution in [0.1, 0.15) is 18.2 Å². The van der Waals surface area contributed by atoms with Crippen LogP contribution in [-0.2, 0) is 15.8 Å². The van der Waals surface area contributed by atoms with Gasteiger partial charge in [0.1, 0.15) is 5.82 Å². The first-order valence-corrected chi connectivity index (χ1v) is 11.1. The van der Waals surface area contributed by atoms with Crippen molar-refractivity contribution in [1.29, 1.82) is 0 Å². The van der Waals surface area contributed by atoms with Crippen LogP contribution < -0.4 is 15.4 Å². The zero-order valence-electron chi connectivity index (χ0n) is 16.1. The third kappa shape index (κ3) is 6.33. The Kier molecular flexibility index (Phi) is 6.56. The van der Waals surface area contributed by atoms with Crippen molar-refractivity contribution < 1.29 is 8.42 Å². The molecule has 0 aliphatic rings. The Balaban J connectivity index is 1.67. The van der Waals surface area contributed by atoms with Gasteiger partial charge < -0.3 is 10.6 Å². The second-order valence-corrected chi connectivity index (χ2v) is 8.60. The lowest BCUT2D eigenvalue weighted by Gasteiger charge is -2.11. The van der Waals surface area contributed by atoms with E-state index in [1.807, 2.05) is 19.9 Å². The van der Waals surface area contributed by atoms with Gasteiger partial charge in [-0.05, 0) is 55.8 Å². The average Bonchev–Trinajstić information content (AvgIpc) is 2.62. The largest absolute Gasteiger partial charge is 0.354 e. The number of sulfonamides is 1. The van der Waals surface area contributed by atoms with Crippen LogP contribution in [0.3, 0.4) is 0 Å². The van der Waals surface area contributed by atoms with E-state index in [1.54, 1.807) is 48.5 Å². The highest BCUT2D eigenvalue weighted by Gasteiger charge is 2.12. The number of benzene rings is 2. The van der Waals surface area contributed by atoms with Crippen molar-refractivity contribution in [2.45, 2.75) is 19.6 Å². The Bertz CT molecular complexity index is 1090. The van der Waals surface area contributed by atoms with Crippen molar-refractivity contribution in [3.05, 3.63) is 70.9 Å². The molecule has 0 unspecified atom stereocenters. The summed E-state index contributed by atoms with van der Waals surface area (Å²) in [5.74, 6) is 1.06. The predicted molar refractivity (Wildman–Crippen MR) is 118 cm³/mol. The van der Waals surface area contributed by atoms with E-state index in [2.05, 4.69) is 25.3 Å². The van der Waals surface area contributed by atoms with Crippen molar-refractivity contribution in [1.82, 2.24) is 9.97 Å². The molecule has 152 valence electrons. The minimum Gasteiger partial charge on any atom is -0.354 e. The Labute approximate surface area is 175 Å². The molecule has 29 heavy (non-hydrogen) atoms. The molecule has 3 N–H and O–H groups in total. The van der Waals surface area contributed by atoms with Gasteiger partial charge in [0.25, 0.3) is 0 Å². The first-order chi connectivity index (χ1) is 13.8. The van der Waals surface area contributed by atoms with Gasteiger partial charge in [-0.3, -0.25) is 4.72 Å². The third-order valence-electron chi connectivity index (χ3n) is 3.87. The van der Waals surface area contributed by atoms with E-state index < -0.39 is 10.0 Å². The summed E-state index contributed by atoms with van der Waals surface area (Å²) in [5.41, 5.74) is 2.72. The standard InChI is InChI=1S/C20H22ClN5O2S/c1-3-22-20-23-14(2)11-19(25-20)24-17-7-9-18(10-8-17)26-29(27,28)13-15-5-4-6-16(21)12-15/h4-12,26H,3,13H2,1-2H3,(H2,22,23,24,25). The smallest absolute Gasteiger partial charge is 0.236 e. The lowest BCUT2D eigenvalue weighted by atomic mass is 10.2. The molecule has 3 rings (SSSR count). The van der Waals surface area contributed by atoms with E-state index in [1.165, 1.54) is 0 Å². The van der Waals surface area contributed by atoms with Crippen LogP contribution >= 0.6 is 11.6 Å². The molecule has 2 aromatic carbocycles. The molecule has 0 aliphatic carbocycles. The van der Waals surface area contributed by atoms with Crippen LogP contribution in [0.5, 0.6) is 0 Å². The summed E-state index contributed by atoms with van der Waals surface area (Å²) in [6.45, 7) is 4.60.